The molecule has 2 rings (SSSR count). The minimum absolute atomic E-state index is 0.573. The van der Waals surface area contributed by atoms with Gasteiger partial charge in [-0.3, -0.25) is 9.69 Å². The quantitative estimate of drug-likeness (QED) is 0.817. The first-order valence-corrected chi connectivity index (χ1v) is 7.23. The van der Waals surface area contributed by atoms with Gasteiger partial charge >= 0.3 is 5.97 Å². The van der Waals surface area contributed by atoms with Gasteiger partial charge in [-0.15, -0.1) is 0 Å². The number of carbonyl (C=O) groups is 1. The van der Waals surface area contributed by atoms with Crippen LogP contribution < -0.4 is 0 Å². The fourth-order valence-corrected chi connectivity index (χ4v) is 3.36. The largest absolute Gasteiger partial charge is 0.481 e. The molecule has 4 heteroatoms. The maximum absolute atomic E-state index is 11.7. The van der Waals surface area contributed by atoms with Gasteiger partial charge in [-0.1, -0.05) is 19.8 Å². The number of carboxylic acids is 1. The van der Waals surface area contributed by atoms with E-state index in [1.165, 1.54) is 25.7 Å². The molecule has 1 saturated heterocycles. The van der Waals surface area contributed by atoms with Crippen LogP contribution in [0.4, 0.5) is 0 Å². The topological polar surface area (TPSA) is 49.8 Å². The van der Waals surface area contributed by atoms with Crippen molar-refractivity contribution in [3.8, 4) is 0 Å². The van der Waals surface area contributed by atoms with Crippen molar-refractivity contribution >= 4 is 5.97 Å². The molecule has 1 aliphatic heterocycles. The van der Waals surface area contributed by atoms with E-state index >= 15 is 0 Å². The van der Waals surface area contributed by atoms with Gasteiger partial charge in [0.15, 0.2) is 0 Å². The van der Waals surface area contributed by atoms with Gasteiger partial charge in [0.05, 0.1) is 5.41 Å². The van der Waals surface area contributed by atoms with Crippen LogP contribution in [0, 0.1) is 5.41 Å². The van der Waals surface area contributed by atoms with Crippen LogP contribution in [0.5, 0.6) is 0 Å². The maximum atomic E-state index is 11.7. The summed E-state index contributed by atoms with van der Waals surface area (Å²) in [6.07, 6.45) is 6.38. The average molecular weight is 255 g/mol. The van der Waals surface area contributed by atoms with Gasteiger partial charge in [0, 0.05) is 25.8 Å². The molecule has 0 aromatic heterocycles. The molecule has 2 fully saturated rings. The van der Waals surface area contributed by atoms with Gasteiger partial charge in [-0.05, 0) is 32.2 Å². The van der Waals surface area contributed by atoms with Crippen molar-refractivity contribution in [2.75, 3.05) is 26.3 Å². The normalized spacial score (nSPS) is 24.6. The second-order valence-corrected chi connectivity index (χ2v) is 5.70. The second kappa shape index (κ2) is 6.02. The van der Waals surface area contributed by atoms with E-state index in [-0.39, 0.29) is 0 Å². The fourth-order valence-electron chi connectivity index (χ4n) is 3.36. The van der Waals surface area contributed by atoms with E-state index in [1.807, 2.05) is 0 Å². The number of carboxylic acid groups (broad SMARTS) is 1. The Labute approximate surface area is 109 Å². The van der Waals surface area contributed by atoms with Crippen LogP contribution in [-0.2, 0) is 9.53 Å². The highest BCUT2D eigenvalue weighted by Gasteiger charge is 2.42. The van der Waals surface area contributed by atoms with Crippen LogP contribution in [0.3, 0.4) is 0 Å². The molecule has 0 aromatic carbocycles. The Kier molecular flexibility index (Phi) is 4.62. The predicted molar refractivity (Wildman–Crippen MR) is 69.6 cm³/mol. The van der Waals surface area contributed by atoms with E-state index in [0.29, 0.717) is 38.6 Å². The van der Waals surface area contributed by atoms with Gasteiger partial charge in [-0.25, -0.2) is 0 Å². The summed E-state index contributed by atoms with van der Waals surface area (Å²) in [5.41, 5.74) is -0.573. The third-order valence-corrected chi connectivity index (χ3v) is 4.66. The zero-order valence-corrected chi connectivity index (χ0v) is 11.4. The van der Waals surface area contributed by atoms with Crippen molar-refractivity contribution in [3.63, 3.8) is 0 Å². The summed E-state index contributed by atoms with van der Waals surface area (Å²) in [5, 5.41) is 9.59. The van der Waals surface area contributed by atoms with E-state index in [9.17, 15) is 9.90 Å². The minimum atomic E-state index is -0.637. The lowest BCUT2D eigenvalue weighted by atomic mass is 9.79. The van der Waals surface area contributed by atoms with Crippen molar-refractivity contribution in [2.24, 2.45) is 5.41 Å². The third kappa shape index (κ3) is 2.86. The van der Waals surface area contributed by atoms with Crippen molar-refractivity contribution < 1.29 is 14.6 Å². The molecule has 0 spiro atoms. The molecular formula is C14H25NO3. The Balaban J connectivity index is 2.04. The van der Waals surface area contributed by atoms with Crippen LogP contribution in [0.1, 0.15) is 45.4 Å². The first-order chi connectivity index (χ1) is 8.68. The van der Waals surface area contributed by atoms with Gasteiger partial charge in [0.2, 0.25) is 0 Å². The predicted octanol–water partition coefficient (Wildman–Crippen LogP) is 2.13. The van der Waals surface area contributed by atoms with Gasteiger partial charge in [0.25, 0.3) is 0 Å². The van der Waals surface area contributed by atoms with Crippen LogP contribution in [-0.4, -0.2) is 48.3 Å². The highest BCUT2D eigenvalue weighted by Crippen LogP contribution is 2.34. The van der Waals surface area contributed by atoms with E-state index in [0.717, 1.165) is 6.54 Å². The molecule has 1 saturated carbocycles. The van der Waals surface area contributed by atoms with E-state index < -0.39 is 11.4 Å². The summed E-state index contributed by atoms with van der Waals surface area (Å²) < 4.78 is 5.33. The molecule has 0 unspecified atom stereocenters. The minimum Gasteiger partial charge on any atom is -0.481 e. The number of rotatable bonds is 5. The molecule has 0 atom stereocenters. The molecule has 1 heterocycles. The zero-order chi connectivity index (χ0) is 13.0. The molecule has 0 radical (unpaired) electrons. The Morgan fingerprint density at radius 2 is 1.94 bits per heavy atom. The van der Waals surface area contributed by atoms with E-state index in [1.54, 1.807) is 0 Å². The molecule has 1 aliphatic carbocycles. The summed E-state index contributed by atoms with van der Waals surface area (Å²) in [6.45, 7) is 4.99. The lowest BCUT2D eigenvalue weighted by Gasteiger charge is -2.39. The monoisotopic (exact) mass is 255 g/mol. The first-order valence-electron chi connectivity index (χ1n) is 7.23. The van der Waals surface area contributed by atoms with E-state index in [4.69, 9.17) is 4.74 Å². The van der Waals surface area contributed by atoms with Gasteiger partial charge in [-0.2, -0.15) is 0 Å². The first kappa shape index (κ1) is 13.8. The van der Waals surface area contributed by atoms with Gasteiger partial charge in [0.1, 0.15) is 0 Å². The summed E-state index contributed by atoms with van der Waals surface area (Å²) in [5.74, 6) is -0.637. The fraction of sp³-hybridized carbons (Fsp3) is 0.929. The molecule has 0 amide bonds. The lowest BCUT2D eigenvalue weighted by Crippen LogP contribution is -2.49. The molecule has 1 N–H and O–H groups in total. The summed E-state index contributed by atoms with van der Waals surface area (Å²) in [4.78, 5) is 14.1. The van der Waals surface area contributed by atoms with Crippen molar-refractivity contribution in [3.05, 3.63) is 0 Å². The summed E-state index contributed by atoms with van der Waals surface area (Å²) in [6, 6.07) is 0.606. The highest BCUT2D eigenvalue weighted by atomic mass is 16.5. The van der Waals surface area contributed by atoms with Crippen LogP contribution in [0.2, 0.25) is 0 Å². The maximum Gasteiger partial charge on any atom is 0.311 e. The third-order valence-electron chi connectivity index (χ3n) is 4.66. The molecule has 2 aliphatic rings. The molecule has 4 nitrogen and oxygen atoms in total. The number of aliphatic carboxylic acids is 1. The molecule has 104 valence electrons. The summed E-state index contributed by atoms with van der Waals surface area (Å²) >= 11 is 0. The van der Waals surface area contributed by atoms with Gasteiger partial charge < -0.3 is 9.84 Å². The van der Waals surface area contributed by atoms with Crippen molar-refractivity contribution in [1.29, 1.82) is 0 Å². The smallest absolute Gasteiger partial charge is 0.311 e. The van der Waals surface area contributed by atoms with Crippen molar-refractivity contribution in [1.82, 2.24) is 4.90 Å². The number of hydrogen-bond donors (Lipinski definition) is 1. The van der Waals surface area contributed by atoms with Crippen LogP contribution >= 0.6 is 0 Å². The average Bonchev–Trinajstić information content (AvgIpc) is 2.90. The van der Waals surface area contributed by atoms with Crippen LogP contribution in [0.15, 0.2) is 0 Å². The molecular weight excluding hydrogens is 230 g/mol. The zero-order valence-electron chi connectivity index (χ0n) is 11.4. The molecule has 0 bridgehead atoms. The summed E-state index contributed by atoms with van der Waals surface area (Å²) in [7, 11) is 0. The standard InChI is InChI=1S/C14H25NO3/c1-2-15(12-5-3-4-6-12)11-14(13(16)17)7-9-18-10-8-14/h12H,2-11H2,1H3,(H,16,17). The number of nitrogens with zero attached hydrogens (tertiary/aromatic N) is 1. The molecule has 18 heavy (non-hydrogen) atoms. The SMILES string of the molecule is CCN(CC1(C(=O)O)CCOCC1)C1CCCC1. The Morgan fingerprint density at radius 3 is 2.44 bits per heavy atom. The highest BCUT2D eigenvalue weighted by molar-refractivity contribution is 5.75. The Bertz CT molecular complexity index is 281. The molecule has 0 aromatic rings. The second-order valence-electron chi connectivity index (χ2n) is 5.70. The van der Waals surface area contributed by atoms with E-state index in [2.05, 4.69) is 11.8 Å². The lowest BCUT2D eigenvalue weighted by molar-refractivity contribution is -0.157. The number of ether oxygens (including phenoxy) is 1. The van der Waals surface area contributed by atoms with Crippen LogP contribution in [0.25, 0.3) is 0 Å². The van der Waals surface area contributed by atoms with Crippen molar-refractivity contribution in [2.45, 2.75) is 51.5 Å². The Hall–Kier alpha value is -0.610. The Morgan fingerprint density at radius 1 is 1.33 bits per heavy atom. The number of hydrogen-bond acceptors (Lipinski definition) is 3.